The fourth-order valence-corrected chi connectivity index (χ4v) is 5.39. The van der Waals surface area contributed by atoms with Gasteiger partial charge in [-0.3, -0.25) is 14.5 Å². The first-order chi connectivity index (χ1) is 15.5. The fourth-order valence-electron chi connectivity index (χ4n) is 4.36. The number of hydrogen-bond donors (Lipinski definition) is 3. The maximum atomic E-state index is 13.2. The topological polar surface area (TPSA) is 150 Å². The largest absolute Gasteiger partial charge is 0.384 e. The average molecular weight is 507 g/mol. The molecule has 0 fully saturated rings. The number of anilines is 1. The molecule has 1 aliphatic heterocycles. The second-order valence-electron chi connectivity index (χ2n) is 7.77. The summed E-state index contributed by atoms with van der Waals surface area (Å²) in [4.78, 5) is 27.3. The third kappa shape index (κ3) is 4.13. The zero-order valence-electron chi connectivity index (χ0n) is 17.2. The van der Waals surface area contributed by atoms with Crippen molar-refractivity contribution >= 4 is 50.6 Å². The first-order valence-corrected chi connectivity index (χ1v) is 12.2. The molecule has 2 aliphatic rings. The zero-order chi connectivity index (χ0) is 24.1. The average Bonchev–Trinajstić information content (AvgIpc) is 2.72. The van der Waals surface area contributed by atoms with Crippen LogP contribution in [0.3, 0.4) is 0 Å². The highest BCUT2D eigenvalue weighted by Gasteiger charge is 2.42. The normalized spacial score (nSPS) is 19.1. The van der Waals surface area contributed by atoms with Gasteiger partial charge in [-0.15, -0.1) is 0 Å². The van der Waals surface area contributed by atoms with Crippen LogP contribution in [0.2, 0.25) is 10.0 Å². The number of ketones is 1. The van der Waals surface area contributed by atoms with Gasteiger partial charge in [0.15, 0.2) is 5.78 Å². The smallest absolute Gasteiger partial charge is 0.249 e. The van der Waals surface area contributed by atoms with E-state index in [9.17, 15) is 18.0 Å². The van der Waals surface area contributed by atoms with Gasteiger partial charge in [0, 0.05) is 39.3 Å². The Bertz CT molecular complexity index is 1350. The number of primary sulfonamides is 1. The monoisotopic (exact) mass is 506 g/mol. The van der Waals surface area contributed by atoms with Crippen LogP contribution < -0.4 is 21.5 Å². The predicted molar refractivity (Wildman–Crippen MR) is 126 cm³/mol. The molecule has 2 aromatic rings. The van der Waals surface area contributed by atoms with Crippen LogP contribution in [0, 0.1) is 0 Å². The Morgan fingerprint density at radius 3 is 2.30 bits per heavy atom. The number of benzene rings is 2. The number of rotatable bonds is 4. The number of amides is 1. The van der Waals surface area contributed by atoms with Gasteiger partial charge in [-0.25, -0.2) is 13.6 Å². The number of primary amides is 1. The van der Waals surface area contributed by atoms with Crippen LogP contribution in [0.1, 0.15) is 30.7 Å². The van der Waals surface area contributed by atoms with E-state index in [1.165, 1.54) is 30.3 Å². The van der Waals surface area contributed by atoms with E-state index in [0.717, 1.165) is 0 Å². The number of nitrogens with zero attached hydrogens (tertiary/aromatic N) is 1. The van der Waals surface area contributed by atoms with Crippen molar-refractivity contribution in [3.8, 4) is 0 Å². The number of carbonyl (C=O) groups excluding carboxylic acids is 2. The van der Waals surface area contributed by atoms with Crippen molar-refractivity contribution in [2.45, 2.75) is 30.1 Å². The lowest BCUT2D eigenvalue weighted by Gasteiger charge is -2.40. The highest BCUT2D eigenvalue weighted by atomic mass is 35.5. The second-order valence-corrected chi connectivity index (χ2v) is 10.2. The first-order valence-electron chi connectivity index (χ1n) is 9.94. The molecule has 0 saturated heterocycles. The first kappa shape index (κ1) is 23.3. The molecule has 1 heterocycles. The van der Waals surface area contributed by atoms with Gasteiger partial charge in [0.2, 0.25) is 15.9 Å². The summed E-state index contributed by atoms with van der Waals surface area (Å²) in [5.74, 6) is -1.77. The summed E-state index contributed by atoms with van der Waals surface area (Å²) in [5.41, 5.74) is 14.2. The molecular formula is C22H20Cl2N4O4S. The van der Waals surface area contributed by atoms with E-state index < -0.39 is 21.8 Å². The van der Waals surface area contributed by atoms with Gasteiger partial charge in [0.1, 0.15) is 5.82 Å². The summed E-state index contributed by atoms with van der Waals surface area (Å²) in [6.45, 7) is 0. The molecule has 8 nitrogen and oxygen atoms in total. The maximum Gasteiger partial charge on any atom is 0.249 e. The molecule has 172 valence electrons. The van der Waals surface area contributed by atoms with E-state index in [1.54, 1.807) is 17.0 Å². The molecule has 0 aromatic heterocycles. The third-order valence-electron chi connectivity index (χ3n) is 5.76. The molecule has 6 N–H and O–H groups in total. The van der Waals surface area contributed by atoms with Gasteiger partial charge in [0.25, 0.3) is 0 Å². The van der Waals surface area contributed by atoms with Crippen molar-refractivity contribution < 1.29 is 18.0 Å². The molecule has 11 heteroatoms. The van der Waals surface area contributed by atoms with Crippen LogP contribution in [0.15, 0.2) is 70.0 Å². The molecule has 1 unspecified atom stereocenters. The van der Waals surface area contributed by atoms with Crippen LogP contribution >= 0.6 is 23.2 Å². The van der Waals surface area contributed by atoms with Crippen LogP contribution in [-0.4, -0.2) is 20.1 Å². The minimum absolute atomic E-state index is 0.0174. The standard InChI is InChI=1S/C22H20Cl2N4O4S/c23-11-4-9-14(15(24)10-11)18-19-16(2-1-3-17(19)29)28(21(25)20(18)22(26)30)12-5-7-13(8-6-12)33(27,31)32/h4-10,18H,1-3,25H2,(H2,26,30)(H2,27,31,32). The maximum absolute atomic E-state index is 13.2. The Balaban J connectivity index is 1.97. The summed E-state index contributed by atoms with van der Waals surface area (Å²) in [7, 11) is -3.90. The molecule has 0 bridgehead atoms. The van der Waals surface area contributed by atoms with Gasteiger partial charge < -0.3 is 11.5 Å². The van der Waals surface area contributed by atoms with E-state index in [0.29, 0.717) is 46.8 Å². The Labute approximate surface area is 200 Å². The van der Waals surface area contributed by atoms with Gasteiger partial charge in [0.05, 0.1) is 10.5 Å². The lowest BCUT2D eigenvalue weighted by molar-refractivity contribution is -0.116. The summed E-state index contributed by atoms with van der Waals surface area (Å²) < 4.78 is 23.3. The Hall–Kier alpha value is -2.85. The number of hydrogen-bond acceptors (Lipinski definition) is 6. The molecule has 0 spiro atoms. The van der Waals surface area contributed by atoms with Crippen molar-refractivity contribution in [3.05, 3.63) is 80.7 Å². The van der Waals surface area contributed by atoms with Crippen molar-refractivity contribution in [1.82, 2.24) is 0 Å². The quantitative estimate of drug-likeness (QED) is 0.579. The van der Waals surface area contributed by atoms with Gasteiger partial charge in [-0.05, 0) is 54.8 Å². The fraction of sp³-hybridized carbons (Fsp3) is 0.182. The molecule has 0 saturated carbocycles. The highest BCUT2D eigenvalue weighted by molar-refractivity contribution is 7.89. The summed E-state index contributed by atoms with van der Waals surface area (Å²) in [6, 6.07) is 10.5. The Kier molecular flexibility index (Phi) is 6.00. The van der Waals surface area contributed by atoms with E-state index >= 15 is 0 Å². The predicted octanol–water partition coefficient (Wildman–Crippen LogP) is 2.91. The molecule has 4 rings (SSSR count). The van der Waals surface area contributed by atoms with E-state index in [-0.39, 0.29) is 27.1 Å². The minimum atomic E-state index is -3.90. The molecule has 2 aromatic carbocycles. The van der Waals surface area contributed by atoms with Crippen LogP contribution in [0.4, 0.5) is 5.69 Å². The molecule has 1 aliphatic carbocycles. The number of allylic oxidation sites excluding steroid dienone is 2. The van der Waals surface area contributed by atoms with Crippen molar-refractivity contribution in [2.24, 2.45) is 16.6 Å². The second kappa shape index (κ2) is 8.49. The minimum Gasteiger partial charge on any atom is -0.384 e. The molecule has 1 amide bonds. The lowest BCUT2D eigenvalue weighted by atomic mass is 9.75. The number of halogens is 2. The highest BCUT2D eigenvalue weighted by Crippen LogP contribution is 2.48. The van der Waals surface area contributed by atoms with Gasteiger partial charge in [-0.2, -0.15) is 0 Å². The summed E-state index contributed by atoms with van der Waals surface area (Å²) >= 11 is 12.5. The van der Waals surface area contributed by atoms with E-state index in [4.69, 9.17) is 39.8 Å². The Morgan fingerprint density at radius 2 is 1.73 bits per heavy atom. The zero-order valence-corrected chi connectivity index (χ0v) is 19.5. The summed E-state index contributed by atoms with van der Waals surface area (Å²) in [6.07, 6.45) is 1.39. The summed E-state index contributed by atoms with van der Waals surface area (Å²) in [5, 5.41) is 5.87. The molecule has 1 atom stereocenters. The molecule has 33 heavy (non-hydrogen) atoms. The van der Waals surface area contributed by atoms with E-state index in [2.05, 4.69) is 0 Å². The van der Waals surface area contributed by atoms with Gasteiger partial charge >= 0.3 is 0 Å². The SMILES string of the molecule is NC(=O)C1=C(N)N(c2ccc(S(N)(=O)=O)cc2)C2=C(C(=O)CCC2)C1c1ccc(Cl)cc1Cl. The number of nitrogens with two attached hydrogens (primary N) is 3. The van der Waals surface area contributed by atoms with Crippen molar-refractivity contribution in [3.63, 3.8) is 0 Å². The number of carbonyl (C=O) groups is 2. The number of Topliss-reactive ketones (excluding diaryl/α,β-unsaturated/α-hetero) is 1. The van der Waals surface area contributed by atoms with Crippen LogP contribution in [0.5, 0.6) is 0 Å². The third-order valence-corrected chi connectivity index (χ3v) is 7.25. The van der Waals surface area contributed by atoms with Crippen LogP contribution in [-0.2, 0) is 19.6 Å². The van der Waals surface area contributed by atoms with Gasteiger partial charge in [-0.1, -0.05) is 29.3 Å². The number of sulfonamides is 1. The van der Waals surface area contributed by atoms with Crippen molar-refractivity contribution in [1.29, 1.82) is 0 Å². The molecular weight excluding hydrogens is 487 g/mol. The van der Waals surface area contributed by atoms with Crippen molar-refractivity contribution in [2.75, 3.05) is 4.90 Å². The lowest BCUT2D eigenvalue weighted by Crippen LogP contribution is -2.42. The van der Waals surface area contributed by atoms with Crippen LogP contribution in [0.25, 0.3) is 0 Å². The van der Waals surface area contributed by atoms with E-state index in [1.807, 2.05) is 0 Å². The Morgan fingerprint density at radius 1 is 1.06 bits per heavy atom. The molecule has 0 radical (unpaired) electrons.